The molecule has 0 radical (unpaired) electrons. The Morgan fingerprint density at radius 1 is 1.25 bits per heavy atom. The van der Waals surface area contributed by atoms with Crippen LogP contribution in [0.3, 0.4) is 0 Å². The van der Waals surface area contributed by atoms with Gasteiger partial charge in [-0.05, 0) is 30.2 Å². The Morgan fingerprint density at radius 2 is 2.00 bits per heavy atom. The average molecular weight is 276 g/mol. The lowest BCUT2D eigenvalue weighted by atomic mass is 10.1. The molecule has 0 fully saturated rings. The highest BCUT2D eigenvalue weighted by Crippen LogP contribution is 2.33. The minimum Gasteiger partial charge on any atom is -0.450 e. The predicted molar refractivity (Wildman–Crippen MR) is 72.2 cm³/mol. The summed E-state index contributed by atoms with van der Waals surface area (Å²) in [6.07, 6.45) is 0. The third kappa shape index (κ3) is 2.92. The Kier molecular flexibility index (Phi) is 3.95. The van der Waals surface area contributed by atoms with Gasteiger partial charge in [0.2, 0.25) is 5.75 Å². The zero-order valence-corrected chi connectivity index (χ0v) is 10.8. The lowest BCUT2D eigenvalue weighted by Crippen LogP contribution is -1.99. The van der Waals surface area contributed by atoms with Crippen LogP contribution < -0.4 is 10.5 Å². The monoisotopic (exact) mass is 276 g/mol. The molecule has 20 heavy (non-hydrogen) atoms. The minimum atomic E-state index is -0.614. The second-order valence-corrected chi connectivity index (χ2v) is 4.28. The first-order valence-corrected chi connectivity index (χ1v) is 5.92. The van der Waals surface area contributed by atoms with Gasteiger partial charge in [0.05, 0.1) is 4.92 Å². The molecule has 0 aliphatic heterocycles. The summed E-state index contributed by atoms with van der Waals surface area (Å²) >= 11 is 0. The Balaban J connectivity index is 2.43. The molecule has 0 aromatic heterocycles. The number of hydrogen-bond donors (Lipinski definition) is 1. The maximum atomic E-state index is 13.2. The number of hydrogen-bond acceptors (Lipinski definition) is 4. The summed E-state index contributed by atoms with van der Waals surface area (Å²) in [7, 11) is 0. The maximum Gasteiger partial charge on any atom is 0.311 e. The van der Waals surface area contributed by atoms with Gasteiger partial charge in [-0.15, -0.1) is 0 Å². The van der Waals surface area contributed by atoms with Crippen LogP contribution in [0.1, 0.15) is 11.1 Å². The summed E-state index contributed by atoms with van der Waals surface area (Å²) in [5.41, 5.74) is 6.85. The van der Waals surface area contributed by atoms with Crippen molar-refractivity contribution in [3.8, 4) is 11.5 Å². The standard InChI is InChI=1S/C14H13FN2O3/c1-9-2-3-10(8-16)6-13(9)20-14-7-11(15)4-5-12(14)17(18)19/h2-7H,8,16H2,1H3. The molecule has 6 heteroatoms. The van der Waals surface area contributed by atoms with Crippen molar-refractivity contribution in [1.82, 2.24) is 0 Å². The van der Waals surface area contributed by atoms with Crippen LogP contribution in [0.5, 0.6) is 11.5 Å². The molecule has 2 aromatic carbocycles. The Bertz CT molecular complexity index is 659. The van der Waals surface area contributed by atoms with Crippen LogP contribution in [0.15, 0.2) is 36.4 Å². The van der Waals surface area contributed by atoms with E-state index in [2.05, 4.69) is 0 Å². The first-order chi connectivity index (χ1) is 9.51. The highest BCUT2D eigenvalue weighted by Gasteiger charge is 2.17. The summed E-state index contributed by atoms with van der Waals surface area (Å²) in [5.74, 6) is -0.313. The molecule has 2 aromatic rings. The van der Waals surface area contributed by atoms with Gasteiger partial charge in [0.1, 0.15) is 11.6 Å². The number of nitrogens with two attached hydrogens (primary N) is 1. The van der Waals surface area contributed by atoms with Gasteiger partial charge in [0.25, 0.3) is 0 Å². The summed E-state index contributed by atoms with van der Waals surface area (Å²) in [5, 5.41) is 10.9. The molecular weight excluding hydrogens is 263 g/mol. The summed E-state index contributed by atoms with van der Waals surface area (Å²) in [4.78, 5) is 10.3. The van der Waals surface area contributed by atoms with Gasteiger partial charge in [-0.2, -0.15) is 0 Å². The lowest BCUT2D eigenvalue weighted by Gasteiger charge is -2.10. The van der Waals surface area contributed by atoms with E-state index >= 15 is 0 Å². The van der Waals surface area contributed by atoms with Gasteiger partial charge in [-0.25, -0.2) is 4.39 Å². The Labute approximate surface area is 114 Å². The number of aryl methyl sites for hydroxylation is 1. The van der Waals surface area contributed by atoms with Crippen molar-refractivity contribution >= 4 is 5.69 Å². The Hall–Kier alpha value is -2.47. The molecule has 2 N–H and O–H groups in total. The topological polar surface area (TPSA) is 78.4 Å². The smallest absolute Gasteiger partial charge is 0.311 e. The first kappa shape index (κ1) is 14.0. The molecule has 0 spiro atoms. The number of nitro benzene ring substituents is 1. The van der Waals surface area contributed by atoms with Crippen molar-refractivity contribution < 1.29 is 14.1 Å². The van der Waals surface area contributed by atoms with E-state index in [-0.39, 0.29) is 11.4 Å². The zero-order valence-electron chi connectivity index (χ0n) is 10.8. The second kappa shape index (κ2) is 5.66. The van der Waals surface area contributed by atoms with Crippen LogP contribution in [0.2, 0.25) is 0 Å². The molecule has 2 rings (SSSR count). The third-order valence-electron chi connectivity index (χ3n) is 2.83. The number of halogens is 1. The van der Waals surface area contributed by atoms with Gasteiger partial charge in [0.15, 0.2) is 0 Å². The second-order valence-electron chi connectivity index (χ2n) is 4.28. The Morgan fingerprint density at radius 3 is 2.65 bits per heavy atom. The van der Waals surface area contributed by atoms with Crippen molar-refractivity contribution in [1.29, 1.82) is 0 Å². The summed E-state index contributed by atoms with van der Waals surface area (Å²) in [6, 6.07) is 8.41. The molecular formula is C14H13FN2O3. The molecule has 5 nitrogen and oxygen atoms in total. The van der Waals surface area contributed by atoms with E-state index in [4.69, 9.17) is 10.5 Å². The van der Waals surface area contributed by atoms with Gasteiger partial charge in [-0.3, -0.25) is 10.1 Å². The molecule has 0 saturated carbocycles. The number of rotatable bonds is 4. The zero-order chi connectivity index (χ0) is 14.7. The SMILES string of the molecule is Cc1ccc(CN)cc1Oc1cc(F)ccc1[N+](=O)[O-]. The largest absolute Gasteiger partial charge is 0.450 e. The van der Waals surface area contributed by atoms with Crippen LogP contribution in [-0.2, 0) is 6.54 Å². The van der Waals surface area contributed by atoms with Crippen molar-refractivity contribution in [2.24, 2.45) is 5.73 Å². The fraction of sp³-hybridized carbons (Fsp3) is 0.143. The highest BCUT2D eigenvalue weighted by atomic mass is 19.1. The van der Waals surface area contributed by atoms with Crippen LogP contribution in [0.4, 0.5) is 10.1 Å². The van der Waals surface area contributed by atoms with Gasteiger partial charge < -0.3 is 10.5 Å². The van der Waals surface area contributed by atoms with Crippen molar-refractivity contribution in [3.05, 3.63) is 63.5 Å². The molecule has 0 aliphatic rings. The van der Waals surface area contributed by atoms with Crippen molar-refractivity contribution in [2.45, 2.75) is 13.5 Å². The molecule has 0 saturated heterocycles. The van der Waals surface area contributed by atoms with E-state index < -0.39 is 10.7 Å². The quantitative estimate of drug-likeness (QED) is 0.686. The number of ether oxygens (including phenoxy) is 1. The van der Waals surface area contributed by atoms with E-state index in [0.717, 1.165) is 29.3 Å². The molecule has 104 valence electrons. The van der Waals surface area contributed by atoms with Crippen molar-refractivity contribution in [2.75, 3.05) is 0 Å². The minimum absolute atomic E-state index is 0.132. The molecule has 0 atom stereocenters. The third-order valence-corrected chi connectivity index (χ3v) is 2.83. The first-order valence-electron chi connectivity index (χ1n) is 5.92. The molecule has 0 bridgehead atoms. The molecule has 0 aliphatic carbocycles. The van der Waals surface area contributed by atoms with E-state index in [1.165, 1.54) is 0 Å². The number of benzene rings is 2. The lowest BCUT2D eigenvalue weighted by molar-refractivity contribution is -0.385. The normalized spacial score (nSPS) is 10.3. The average Bonchev–Trinajstić information content (AvgIpc) is 2.41. The fourth-order valence-electron chi connectivity index (χ4n) is 1.72. The summed E-state index contributed by atoms with van der Waals surface area (Å²) in [6.45, 7) is 2.11. The molecule has 0 amide bonds. The van der Waals surface area contributed by atoms with Crippen LogP contribution >= 0.6 is 0 Å². The van der Waals surface area contributed by atoms with Crippen LogP contribution in [0, 0.1) is 22.9 Å². The van der Waals surface area contributed by atoms with Gasteiger partial charge >= 0.3 is 5.69 Å². The number of nitrogens with zero attached hydrogens (tertiary/aromatic N) is 1. The van der Waals surface area contributed by atoms with Crippen LogP contribution in [-0.4, -0.2) is 4.92 Å². The van der Waals surface area contributed by atoms with Crippen molar-refractivity contribution in [3.63, 3.8) is 0 Å². The predicted octanol–water partition coefficient (Wildman–Crippen LogP) is 3.29. The van der Waals surface area contributed by atoms with E-state index in [1.54, 1.807) is 19.1 Å². The molecule has 0 heterocycles. The highest BCUT2D eigenvalue weighted by molar-refractivity contribution is 5.50. The summed E-state index contributed by atoms with van der Waals surface area (Å²) < 4.78 is 18.7. The van der Waals surface area contributed by atoms with Gasteiger partial charge in [0, 0.05) is 18.7 Å². The number of nitro groups is 1. The van der Waals surface area contributed by atoms with Crippen LogP contribution in [0.25, 0.3) is 0 Å². The fourth-order valence-corrected chi connectivity index (χ4v) is 1.72. The van der Waals surface area contributed by atoms with E-state index in [0.29, 0.717) is 12.3 Å². The molecule has 0 unspecified atom stereocenters. The van der Waals surface area contributed by atoms with E-state index in [1.807, 2.05) is 6.07 Å². The van der Waals surface area contributed by atoms with Gasteiger partial charge in [-0.1, -0.05) is 12.1 Å². The van der Waals surface area contributed by atoms with E-state index in [9.17, 15) is 14.5 Å². The maximum absolute atomic E-state index is 13.2.